The molecule has 18 heavy (non-hydrogen) atoms. The van der Waals surface area contributed by atoms with Crippen LogP contribution in [0.4, 0.5) is 4.39 Å². The molecule has 3 nitrogen and oxygen atoms in total. The first-order valence-electron chi connectivity index (χ1n) is 6.15. The van der Waals surface area contributed by atoms with Crippen LogP contribution in [0.15, 0.2) is 12.1 Å². The van der Waals surface area contributed by atoms with Crippen LogP contribution in [0.5, 0.6) is 0 Å². The number of aryl methyl sites for hydroxylation is 1. The monoisotopic (exact) mass is 272 g/mol. The summed E-state index contributed by atoms with van der Waals surface area (Å²) in [5.41, 5.74) is 1.25. The number of aliphatic hydroxyl groups excluding tert-OH is 1. The van der Waals surface area contributed by atoms with Crippen molar-refractivity contribution >= 4 is 11.6 Å². The molecule has 0 aromatic heterocycles. The summed E-state index contributed by atoms with van der Waals surface area (Å²) in [6.07, 6.45) is 0. The normalized spacial score (nSPS) is 18.9. The van der Waals surface area contributed by atoms with E-state index in [1.807, 2.05) is 6.92 Å². The predicted octanol–water partition coefficient (Wildman–Crippen LogP) is 1.73. The maximum Gasteiger partial charge on any atom is 0.129 e. The van der Waals surface area contributed by atoms with Crippen molar-refractivity contribution in [3.8, 4) is 0 Å². The Morgan fingerprint density at radius 1 is 1.44 bits per heavy atom. The number of aliphatic hydroxyl groups is 1. The van der Waals surface area contributed by atoms with Crippen molar-refractivity contribution in [3.63, 3.8) is 0 Å². The van der Waals surface area contributed by atoms with Crippen LogP contribution in [0.1, 0.15) is 17.2 Å². The Morgan fingerprint density at radius 3 is 2.72 bits per heavy atom. The van der Waals surface area contributed by atoms with Gasteiger partial charge in [0.1, 0.15) is 5.82 Å². The van der Waals surface area contributed by atoms with Gasteiger partial charge in [0, 0.05) is 31.7 Å². The van der Waals surface area contributed by atoms with Crippen LogP contribution in [0.25, 0.3) is 0 Å². The summed E-state index contributed by atoms with van der Waals surface area (Å²) in [4.78, 5) is 2.07. The molecule has 1 aliphatic heterocycles. The van der Waals surface area contributed by atoms with Crippen LogP contribution in [-0.2, 0) is 0 Å². The summed E-state index contributed by atoms with van der Waals surface area (Å²) in [6, 6.07) is 2.72. The number of piperazine rings is 1. The Kier molecular flexibility index (Phi) is 4.56. The first kappa shape index (κ1) is 13.7. The number of halogens is 2. The molecule has 1 fully saturated rings. The maximum absolute atomic E-state index is 14.0. The lowest BCUT2D eigenvalue weighted by atomic mass is 10.0. The fraction of sp³-hybridized carbons (Fsp3) is 0.538. The van der Waals surface area contributed by atoms with Crippen LogP contribution in [0, 0.1) is 12.7 Å². The SMILES string of the molecule is Cc1ccc(F)c([C@@H](CO)N2CCNCC2)c1Cl. The standard InChI is InChI=1S/C13H18ClFN2O/c1-9-2-3-10(15)12(13(9)14)11(8-18)17-6-4-16-5-7-17/h2-3,11,16,18H,4-8H2,1H3/t11-/m1/s1. The van der Waals surface area contributed by atoms with Gasteiger partial charge in [-0.2, -0.15) is 0 Å². The Bertz CT molecular complexity index is 422. The summed E-state index contributed by atoms with van der Waals surface area (Å²) in [7, 11) is 0. The Balaban J connectivity index is 2.34. The van der Waals surface area contributed by atoms with E-state index in [2.05, 4.69) is 10.2 Å². The molecular formula is C13H18ClFN2O. The molecule has 1 aromatic rings. The van der Waals surface area contributed by atoms with Gasteiger partial charge in [-0.25, -0.2) is 4.39 Å². The van der Waals surface area contributed by atoms with E-state index in [1.54, 1.807) is 6.07 Å². The number of nitrogens with one attached hydrogen (secondary N) is 1. The van der Waals surface area contributed by atoms with Crippen LogP contribution in [-0.4, -0.2) is 42.8 Å². The number of hydrogen-bond acceptors (Lipinski definition) is 3. The zero-order chi connectivity index (χ0) is 13.1. The minimum atomic E-state index is -0.362. The Morgan fingerprint density at radius 2 is 2.11 bits per heavy atom. The first-order chi connectivity index (χ1) is 8.65. The summed E-state index contributed by atoms with van der Waals surface area (Å²) < 4.78 is 14.0. The fourth-order valence-corrected chi connectivity index (χ4v) is 2.65. The zero-order valence-corrected chi connectivity index (χ0v) is 11.2. The van der Waals surface area contributed by atoms with Gasteiger partial charge in [0.25, 0.3) is 0 Å². The number of benzene rings is 1. The van der Waals surface area contributed by atoms with E-state index in [0.29, 0.717) is 10.6 Å². The third-order valence-corrected chi connectivity index (χ3v) is 3.92. The largest absolute Gasteiger partial charge is 0.394 e. The van der Waals surface area contributed by atoms with Gasteiger partial charge in [0.15, 0.2) is 0 Å². The van der Waals surface area contributed by atoms with E-state index in [0.717, 1.165) is 31.7 Å². The minimum absolute atomic E-state index is 0.125. The molecule has 1 aromatic carbocycles. The highest BCUT2D eigenvalue weighted by Gasteiger charge is 2.26. The third-order valence-electron chi connectivity index (χ3n) is 3.42. The molecule has 0 spiro atoms. The molecule has 100 valence electrons. The predicted molar refractivity (Wildman–Crippen MR) is 70.4 cm³/mol. The number of hydrogen-bond donors (Lipinski definition) is 2. The molecule has 0 bridgehead atoms. The molecule has 1 atom stereocenters. The van der Waals surface area contributed by atoms with Crippen LogP contribution in [0.2, 0.25) is 5.02 Å². The van der Waals surface area contributed by atoms with Gasteiger partial charge in [0.2, 0.25) is 0 Å². The molecule has 2 N–H and O–H groups in total. The van der Waals surface area contributed by atoms with Gasteiger partial charge in [0.05, 0.1) is 17.7 Å². The van der Waals surface area contributed by atoms with Crippen molar-refractivity contribution in [2.75, 3.05) is 32.8 Å². The third kappa shape index (κ3) is 2.67. The van der Waals surface area contributed by atoms with Crippen LogP contribution in [0.3, 0.4) is 0 Å². The zero-order valence-electron chi connectivity index (χ0n) is 10.4. The molecule has 0 amide bonds. The van der Waals surface area contributed by atoms with E-state index < -0.39 is 0 Å². The van der Waals surface area contributed by atoms with E-state index in [-0.39, 0.29) is 18.5 Å². The summed E-state index contributed by atoms with van der Waals surface area (Å²) in [5.74, 6) is -0.344. The second-order valence-corrected chi connectivity index (χ2v) is 4.95. The second-order valence-electron chi connectivity index (χ2n) is 4.58. The van der Waals surface area contributed by atoms with Crippen LogP contribution < -0.4 is 5.32 Å². The van der Waals surface area contributed by atoms with Crippen molar-refractivity contribution in [2.24, 2.45) is 0 Å². The molecule has 0 saturated carbocycles. The lowest BCUT2D eigenvalue weighted by molar-refractivity contribution is 0.108. The van der Waals surface area contributed by atoms with Gasteiger partial charge >= 0.3 is 0 Å². The molecule has 0 aliphatic carbocycles. The average molecular weight is 273 g/mol. The van der Waals surface area contributed by atoms with Crippen molar-refractivity contribution in [2.45, 2.75) is 13.0 Å². The van der Waals surface area contributed by atoms with Gasteiger partial charge in [-0.15, -0.1) is 0 Å². The molecule has 1 aliphatic rings. The summed E-state index contributed by atoms with van der Waals surface area (Å²) >= 11 is 6.20. The lowest BCUT2D eigenvalue weighted by Gasteiger charge is -2.34. The van der Waals surface area contributed by atoms with Gasteiger partial charge < -0.3 is 10.4 Å². The molecule has 0 radical (unpaired) electrons. The van der Waals surface area contributed by atoms with Gasteiger partial charge in [-0.1, -0.05) is 17.7 Å². The van der Waals surface area contributed by atoms with Crippen molar-refractivity contribution in [3.05, 3.63) is 34.1 Å². The lowest BCUT2D eigenvalue weighted by Crippen LogP contribution is -2.46. The van der Waals surface area contributed by atoms with E-state index in [1.165, 1.54) is 6.07 Å². The molecule has 2 rings (SSSR count). The maximum atomic E-state index is 14.0. The van der Waals surface area contributed by atoms with E-state index in [9.17, 15) is 9.50 Å². The second kappa shape index (κ2) is 5.97. The van der Waals surface area contributed by atoms with Gasteiger partial charge in [-0.3, -0.25) is 4.90 Å². The fourth-order valence-electron chi connectivity index (χ4n) is 2.37. The Labute approximate surface area is 112 Å². The van der Waals surface area contributed by atoms with Gasteiger partial charge in [-0.05, 0) is 18.6 Å². The highest BCUT2D eigenvalue weighted by atomic mass is 35.5. The highest BCUT2D eigenvalue weighted by molar-refractivity contribution is 6.32. The smallest absolute Gasteiger partial charge is 0.129 e. The number of nitrogens with zero attached hydrogens (tertiary/aromatic N) is 1. The molecule has 0 unspecified atom stereocenters. The molecule has 1 saturated heterocycles. The van der Waals surface area contributed by atoms with Crippen molar-refractivity contribution in [1.29, 1.82) is 0 Å². The van der Waals surface area contributed by atoms with Crippen molar-refractivity contribution in [1.82, 2.24) is 10.2 Å². The topological polar surface area (TPSA) is 35.5 Å². The van der Waals surface area contributed by atoms with Crippen LogP contribution >= 0.6 is 11.6 Å². The summed E-state index contributed by atoms with van der Waals surface area (Å²) in [6.45, 7) is 4.99. The summed E-state index contributed by atoms with van der Waals surface area (Å²) in [5, 5.41) is 13.2. The Hall–Kier alpha value is -0.680. The quantitative estimate of drug-likeness (QED) is 0.880. The van der Waals surface area contributed by atoms with Crippen molar-refractivity contribution < 1.29 is 9.50 Å². The average Bonchev–Trinajstić information content (AvgIpc) is 2.40. The number of rotatable bonds is 3. The molecule has 1 heterocycles. The molecular weight excluding hydrogens is 255 g/mol. The first-order valence-corrected chi connectivity index (χ1v) is 6.53. The highest BCUT2D eigenvalue weighted by Crippen LogP contribution is 2.32. The van der Waals surface area contributed by atoms with E-state index >= 15 is 0 Å². The van der Waals surface area contributed by atoms with E-state index in [4.69, 9.17) is 11.6 Å². The minimum Gasteiger partial charge on any atom is -0.394 e. The molecule has 5 heteroatoms.